The summed E-state index contributed by atoms with van der Waals surface area (Å²) in [7, 11) is 0. The Hall–Kier alpha value is -2.22. The molecule has 0 unspecified atom stereocenters. The lowest BCUT2D eigenvalue weighted by atomic mass is 9.92. The summed E-state index contributed by atoms with van der Waals surface area (Å²) in [4.78, 5) is 12.8. The van der Waals surface area contributed by atoms with Gasteiger partial charge in [0.05, 0.1) is 0 Å². The molecule has 0 bridgehead atoms. The highest BCUT2D eigenvalue weighted by Crippen LogP contribution is 2.51. The Bertz CT molecular complexity index is 603. The van der Waals surface area contributed by atoms with Crippen LogP contribution in [-0.2, 0) is 0 Å². The number of rotatable bonds is 6. The SMILES string of the molecule is CC(C)C1(CNc2nc(NN)nc(-n3cccn3)n2)CC1. The van der Waals surface area contributed by atoms with Crippen LogP contribution in [0.1, 0.15) is 26.7 Å². The number of nitrogens with two attached hydrogens (primary N) is 1. The van der Waals surface area contributed by atoms with Crippen LogP contribution in [0.25, 0.3) is 5.95 Å². The maximum Gasteiger partial charge on any atom is 0.257 e. The quantitative estimate of drug-likeness (QED) is 0.541. The highest BCUT2D eigenvalue weighted by atomic mass is 15.4. The number of nitrogens with one attached hydrogen (secondary N) is 2. The van der Waals surface area contributed by atoms with Crippen molar-refractivity contribution in [3.63, 3.8) is 0 Å². The Balaban J connectivity index is 1.80. The van der Waals surface area contributed by atoms with Gasteiger partial charge in [-0.3, -0.25) is 5.43 Å². The molecule has 0 radical (unpaired) electrons. The Morgan fingerprint density at radius 1 is 1.29 bits per heavy atom. The molecule has 1 aliphatic rings. The van der Waals surface area contributed by atoms with Crippen LogP contribution in [0.3, 0.4) is 0 Å². The highest BCUT2D eigenvalue weighted by molar-refractivity contribution is 5.37. The number of hydrazine groups is 1. The van der Waals surface area contributed by atoms with Crippen LogP contribution < -0.4 is 16.6 Å². The molecular formula is C13H20N8. The number of aromatic nitrogens is 5. The average Bonchev–Trinajstić information content (AvgIpc) is 3.09. The molecule has 3 rings (SSSR count). The molecular weight excluding hydrogens is 268 g/mol. The standard InChI is InChI=1S/C13H20N8/c1-9(2)13(4-5-13)8-15-10-17-11(20-14)19-12(18-10)21-7-3-6-16-21/h3,6-7,9H,4-5,8,14H2,1-2H3,(H2,15,17,18,19,20). The highest BCUT2D eigenvalue weighted by Gasteiger charge is 2.45. The third-order valence-electron chi connectivity index (χ3n) is 4.18. The molecule has 4 N–H and O–H groups in total. The number of anilines is 2. The third-order valence-corrected chi connectivity index (χ3v) is 4.18. The van der Waals surface area contributed by atoms with Crippen LogP contribution in [0.15, 0.2) is 18.5 Å². The fourth-order valence-corrected chi connectivity index (χ4v) is 2.37. The smallest absolute Gasteiger partial charge is 0.257 e. The Morgan fingerprint density at radius 3 is 2.62 bits per heavy atom. The molecule has 8 nitrogen and oxygen atoms in total. The third kappa shape index (κ3) is 2.80. The van der Waals surface area contributed by atoms with Crippen molar-refractivity contribution >= 4 is 11.9 Å². The summed E-state index contributed by atoms with van der Waals surface area (Å²) in [5.41, 5.74) is 2.83. The molecule has 8 heteroatoms. The van der Waals surface area contributed by atoms with Gasteiger partial charge in [-0.05, 0) is 30.2 Å². The van der Waals surface area contributed by atoms with E-state index < -0.39 is 0 Å². The summed E-state index contributed by atoms with van der Waals surface area (Å²) in [5, 5.41) is 7.43. The largest absolute Gasteiger partial charge is 0.353 e. The predicted octanol–water partition coefficient (Wildman–Crippen LogP) is 1.19. The van der Waals surface area contributed by atoms with E-state index in [9.17, 15) is 0 Å². The van der Waals surface area contributed by atoms with E-state index in [4.69, 9.17) is 5.84 Å². The topological polar surface area (TPSA) is 107 Å². The van der Waals surface area contributed by atoms with E-state index in [1.807, 2.05) is 6.07 Å². The van der Waals surface area contributed by atoms with Gasteiger partial charge in [0.25, 0.3) is 5.95 Å². The lowest BCUT2D eigenvalue weighted by Gasteiger charge is -2.20. The molecule has 0 aliphatic heterocycles. The van der Waals surface area contributed by atoms with E-state index >= 15 is 0 Å². The molecule has 0 spiro atoms. The van der Waals surface area contributed by atoms with Crippen molar-refractivity contribution in [2.45, 2.75) is 26.7 Å². The monoisotopic (exact) mass is 288 g/mol. The number of hydrogen-bond donors (Lipinski definition) is 3. The fraction of sp³-hybridized carbons (Fsp3) is 0.538. The van der Waals surface area contributed by atoms with Crippen molar-refractivity contribution in [1.29, 1.82) is 0 Å². The van der Waals surface area contributed by atoms with Crippen molar-refractivity contribution in [1.82, 2.24) is 24.7 Å². The minimum Gasteiger partial charge on any atom is -0.353 e. The maximum absolute atomic E-state index is 5.42. The second-order valence-corrected chi connectivity index (χ2v) is 5.75. The van der Waals surface area contributed by atoms with Gasteiger partial charge in [-0.25, -0.2) is 10.5 Å². The van der Waals surface area contributed by atoms with Crippen LogP contribution in [-0.4, -0.2) is 31.3 Å². The molecule has 2 aromatic heterocycles. The molecule has 0 amide bonds. The maximum atomic E-state index is 5.42. The van der Waals surface area contributed by atoms with Gasteiger partial charge < -0.3 is 5.32 Å². The van der Waals surface area contributed by atoms with Crippen molar-refractivity contribution in [2.24, 2.45) is 17.2 Å². The summed E-state index contributed by atoms with van der Waals surface area (Å²) >= 11 is 0. The normalized spacial score (nSPS) is 16.0. The molecule has 112 valence electrons. The second-order valence-electron chi connectivity index (χ2n) is 5.75. The molecule has 2 heterocycles. The zero-order valence-corrected chi connectivity index (χ0v) is 12.2. The molecule has 2 aromatic rings. The summed E-state index contributed by atoms with van der Waals surface area (Å²) in [5.74, 6) is 7.32. The molecule has 0 aromatic carbocycles. The van der Waals surface area contributed by atoms with Crippen molar-refractivity contribution in [3.05, 3.63) is 18.5 Å². The van der Waals surface area contributed by atoms with Crippen molar-refractivity contribution in [3.8, 4) is 5.95 Å². The van der Waals surface area contributed by atoms with E-state index in [2.05, 4.69) is 44.6 Å². The molecule has 1 saturated carbocycles. The van der Waals surface area contributed by atoms with Crippen molar-refractivity contribution in [2.75, 3.05) is 17.3 Å². The first-order valence-electron chi connectivity index (χ1n) is 7.09. The second kappa shape index (κ2) is 5.28. The Kier molecular flexibility index (Phi) is 3.46. The van der Waals surface area contributed by atoms with Crippen LogP contribution in [0.4, 0.5) is 11.9 Å². The molecule has 0 atom stereocenters. The number of nitrogen functional groups attached to an aromatic ring is 1. The zero-order valence-electron chi connectivity index (χ0n) is 12.2. The first kappa shape index (κ1) is 13.7. The minimum absolute atomic E-state index is 0.312. The van der Waals surface area contributed by atoms with Gasteiger partial charge in [-0.2, -0.15) is 20.1 Å². The minimum atomic E-state index is 0.312. The van der Waals surface area contributed by atoms with Crippen LogP contribution in [0, 0.1) is 11.3 Å². The van der Waals surface area contributed by atoms with E-state index in [-0.39, 0.29) is 0 Å². The number of hydrogen-bond acceptors (Lipinski definition) is 7. The van der Waals surface area contributed by atoms with Gasteiger partial charge in [-0.15, -0.1) is 0 Å². The van der Waals surface area contributed by atoms with E-state index in [1.54, 1.807) is 17.1 Å². The van der Waals surface area contributed by atoms with Crippen LogP contribution in [0.2, 0.25) is 0 Å². The van der Waals surface area contributed by atoms with E-state index in [0.717, 1.165) is 6.54 Å². The summed E-state index contributed by atoms with van der Waals surface area (Å²) < 4.78 is 1.57. The zero-order chi connectivity index (χ0) is 14.9. The van der Waals surface area contributed by atoms with E-state index in [1.165, 1.54) is 12.8 Å². The Morgan fingerprint density at radius 2 is 2.05 bits per heavy atom. The average molecular weight is 288 g/mol. The summed E-state index contributed by atoms with van der Waals surface area (Å²) in [6.45, 7) is 5.37. The van der Waals surface area contributed by atoms with Gasteiger partial charge in [0.1, 0.15) is 0 Å². The van der Waals surface area contributed by atoms with Gasteiger partial charge in [0.15, 0.2) is 0 Å². The Labute approximate surface area is 123 Å². The van der Waals surface area contributed by atoms with Gasteiger partial charge in [0.2, 0.25) is 11.9 Å². The first-order valence-corrected chi connectivity index (χ1v) is 7.09. The van der Waals surface area contributed by atoms with Gasteiger partial charge in [-0.1, -0.05) is 13.8 Å². The first-order chi connectivity index (χ1) is 10.1. The molecule has 21 heavy (non-hydrogen) atoms. The van der Waals surface area contributed by atoms with E-state index in [0.29, 0.717) is 29.2 Å². The lowest BCUT2D eigenvalue weighted by Crippen LogP contribution is -2.23. The molecule has 1 fully saturated rings. The lowest BCUT2D eigenvalue weighted by molar-refractivity contribution is 0.379. The number of nitrogens with zero attached hydrogens (tertiary/aromatic N) is 5. The summed E-state index contributed by atoms with van der Waals surface area (Å²) in [6, 6.07) is 1.81. The summed E-state index contributed by atoms with van der Waals surface area (Å²) in [6.07, 6.45) is 5.94. The van der Waals surface area contributed by atoms with Crippen LogP contribution >= 0.6 is 0 Å². The van der Waals surface area contributed by atoms with Crippen molar-refractivity contribution < 1.29 is 0 Å². The molecule has 0 saturated heterocycles. The fourth-order valence-electron chi connectivity index (χ4n) is 2.37. The van der Waals surface area contributed by atoms with Crippen LogP contribution in [0.5, 0.6) is 0 Å². The predicted molar refractivity (Wildman–Crippen MR) is 79.8 cm³/mol. The molecule has 1 aliphatic carbocycles. The van der Waals surface area contributed by atoms with Gasteiger partial charge in [0, 0.05) is 18.9 Å². The van der Waals surface area contributed by atoms with Gasteiger partial charge >= 0.3 is 0 Å².